The van der Waals surface area contributed by atoms with Crippen molar-refractivity contribution < 1.29 is 19.2 Å². The fraction of sp³-hybridized carbons (Fsp3) is 0.333. The fourth-order valence-corrected chi connectivity index (χ4v) is 2.39. The summed E-state index contributed by atoms with van der Waals surface area (Å²) in [6, 6.07) is 14.3. The molecule has 0 aliphatic carbocycles. The van der Waals surface area contributed by atoms with Crippen LogP contribution < -0.4 is 10.2 Å². The third-order valence-electron chi connectivity index (χ3n) is 4.44. The highest BCUT2D eigenvalue weighted by Crippen LogP contribution is 2.36. The Labute approximate surface area is 137 Å². The van der Waals surface area contributed by atoms with E-state index in [1.165, 1.54) is 0 Å². The molecule has 0 amide bonds. The second kappa shape index (κ2) is 5.58. The summed E-state index contributed by atoms with van der Waals surface area (Å²) in [6.45, 7) is 8.11. The van der Waals surface area contributed by atoms with Gasteiger partial charge < -0.3 is 19.2 Å². The van der Waals surface area contributed by atoms with Crippen LogP contribution in [0, 0.1) is 0 Å². The first kappa shape index (κ1) is 15.9. The predicted octanol–water partition coefficient (Wildman–Crippen LogP) is 3.48. The Morgan fingerprint density at radius 2 is 1.43 bits per heavy atom. The third kappa shape index (κ3) is 3.21. The smallest absolute Gasteiger partial charge is 0.494 e. The number of phenols is 1. The maximum absolute atomic E-state index is 9.51. The van der Waals surface area contributed by atoms with E-state index in [1.54, 1.807) is 24.3 Å². The van der Waals surface area contributed by atoms with Gasteiger partial charge in [-0.25, -0.2) is 0 Å². The molecule has 0 spiro atoms. The lowest BCUT2D eigenvalue weighted by molar-refractivity contribution is 0.00578. The summed E-state index contributed by atoms with van der Waals surface area (Å²) in [7, 11) is -0.423. The second-order valence-corrected chi connectivity index (χ2v) is 6.76. The molecule has 1 saturated heterocycles. The topological polar surface area (TPSA) is 47.9 Å². The predicted molar refractivity (Wildman–Crippen MR) is 90.3 cm³/mol. The molecule has 4 nitrogen and oxygen atoms in total. The van der Waals surface area contributed by atoms with Crippen molar-refractivity contribution in [3.8, 4) is 17.2 Å². The summed E-state index contributed by atoms with van der Waals surface area (Å²) in [6.07, 6.45) is 0. The van der Waals surface area contributed by atoms with Gasteiger partial charge in [-0.05, 0) is 57.4 Å². The average Bonchev–Trinajstić information content (AvgIpc) is 2.68. The number of aromatic hydroxyl groups is 1. The molecule has 0 unspecified atom stereocenters. The minimum Gasteiger partial charge on any atom is -0.508 e. The molecule has 1 aliphatic heterocycles. The lowest BCUT2D eigenvalue weighted by atomic mass is 9.79. The van der Waals surface area contributed by atoms with Crippen LogP contribution in [-0.4, -0.2) is 23.4 Å². The van der Waals surface area contributed by atoms with Gasteiger partial charge >= 0.3 is 7.12 Å². The normalized spacial score (nSPS) is 18.9. The summed E-state index contributed by atoms with van der Waals surface area (Å²) in [5, 5.41) is 9.51. The molecule has 0 radical (unpaired) electrons. The molecule has 23 heavy (non-hydrogen) atoms. The first-order chi connectivity index (χ1) is 10.8. The first-order valence-electron chi connectivity index (χ1n) is 7.69. The van der Waals surface area contributed by atoms with Crippen LogP contribution in [0.3, 0.4) is 0 Å². The van der Waals surface area contributed by atoms with Crippen LogP contribution >= 0.6 is 0 Å². The standard InChI is InChI=1S/C18H21BO4/c1-17(2)18(3,4)23-19(22-17)13-7-5-9-15(11-13)21-16-10-6-8-14(20)12-16/h5-12,20H,1-4H3. The van der Waals surface area contributed by atoms with Crippen LogP contribution in [0.4, 0.5) is 0 Å². The molecule has 0 aromatic heterocycles. The van der Waals surface area contributed by atoms with Crippen molar-refractivity contribution in [1.29, 1.82) is 0 Å². The van der Waals surface area contributed by atoms with Crippen LogP contribution in [-0.2, 0) is 9.31 Å². The number of hydrogen-bond acceptors (Lipinski definition) is 4. The van der Waals surface area contributed by atoms with Crippen molar-refractivity contribution in [1.82, 2.24) is 0 Å². The van der Waals surface area contributed by atoms with E-state index in [4.69, 9.17) is 14.0 Å². The molecule has 1 aliphatic rings. The van der Waals surface area contributed by atoms with Crippen LogP contribution in [0.2, 0.25) is 0 Å². The molecule has 120 valence electrons. The van der Waals surface area contributed by atoms with Gasteiger partial charge in [0, 0.05) is 6.07 Å². The van der Waals surface area contributed by atoms with E-state index in [-0.39, 0.29) is 17.0 Å². The van der Waals surface area contributed by atoms with Gasteiger partial charge in [0.2, 0.25) is 0 Å². The maximum atomic E-state index is 9.51. The quantitative estimate of drug-likeness (QED) is 0.882. The molecule has 0 bridgehead atoms. The minimum absolute atomic E-state index is 0.171. The number of benzene rings is 2. The lowest BCUT2D eigenvalue weighted by Gasteiger charge is -2.32. The zero-order valence-corrected chi connectivity index (χ0v) is 13.9. The van der Waals surface area contributed by atoms with Crippen molar-refractivity contribution in [2.45, 2.75) is 38.9 Å². The summed E-state index contributed by atoms with van der Waals surface area (Å²) in [4.78, 5) is 0. The van der Waals surface area contributed by atoms with Gasteiger partial charge in [-0.15, -0.1) is 0 Å². The largest absolute Gasteiger partial charge is 0.508 e. The van der Waals surface area contributed by atoms with Crippen LogP contribution in [0.25, 0.3) is 0 Å². The first-order valence-corrected chi connectivity index (χ1v) is 7.69. The van der Waals surface area contributed by atoms with Gasteiger partial charge in [0.1, 0.15) is 17.2 Å². The van der Waals surface area contributed by atoms with Crippen molar-refractivity contribution >= 4 is 12.6 Å². The highest BCUT2D eigenvalue weighted by Gasteiger charge is 2.51. The summed E-state index contributed by atoms with van der Waals surface area (Å²) in [5.74, 6) is 1.42. The van der Waals surface area contributed by atoms with E-state index < -0.39 is 7.12 Å². The van der Waals surface area contributed by atoms with Crippen molar-refractivity contribution in [3.63, 3.8) is 0 Å². The monoisotopic (exact) mass is 312 g/mol. The number of ether oxygens (including phenoxy) is 1. The molecule has 3 rings (SSSR count). The number of hydrogen-bond donors (Lipinski definition) is 1. The molecular formula is C18H21BO4. The third-order valence-corrected chi connectivity index (χ3v) is 4.44. The molecule has 0 saturated carbocycles. The van der Waals surface area contributed by atoms with Crippen LogP contribution in [0.1, 0.15) is 27.7 Å². The Hall–Kier alpha value is -1.98. The SMILES string of the molecule is CC1(C)OB(c2cccc(Oc3cccc(O)c3)c2)OC1(C)C. The highest BCUT2D eigenvalue weighted by molar-refractivity contribution is 6.62. The van der Waals surface area contributed by atoms with Gasteiger partial charge in [0.15, 0.2) is 0 Å². The molecule has 1 fully saturated rings. The molecular weight excluding hydrogens is 291 g/mol. The van der Waals surface area contributed by atoms with Gasteiger partial charge in [-0.3, -0.25) is 0 Å². The van der Waals surface area contributed by atoms with Gasteiger partial charge in [0.25, 0.3) is 0 Å². The molecule has 1 N–H and O–H groups in total. The zero-order chi connectivity index (χ0) is 16.7. The molecule has 1 heterocycles. The van der Waals surface area contributed by atoms with E-state index in [9.17, 15) is 5.11 Å². The van der Waals surface area contributed by atoms with Crippen molar-refractivity contribution in [3.05, 3.63) is 48.5 Å². The van der Waals surface area contributed by atoms with E-state index in [0.717, 1.165) is 5.46 Å². The van der Waals surface area contributed by atoms with E-state index in [2.05, 4.69) is 0 Å². The average molecular weight is 312 g/mol. The van der Waals surface area contributed by atoms with E-state index in [1.807, 2.05) is 52.0 Å². The maximum Gasteiger partial charge on any atom is 0.494 e. The molecule has 0 atom stereocenters. The zero-order valence-electron chi connectivity index (χ0n) is 13.9. The van der Waals surface area contributed by atoms with Gasteiger partial charge in [-0.1, -0.05) is 18.2 Å². The van der Waals surface area contributed by atoms with E-state index in [0.29, 0.717) is 11.5 Å². The molecule has 2 aromatic rings. The second-order valence-electron chi connectivity index (χ2n) is 6.76. The fourth-order valence-electron chi connectivity index (χ4n) is 2.39. The van der Waals surface area contributed by atoms with Crippen LogP contribution in [0.15, 0.2) is 48.5 Å². The highest BCUT2D eigenvalue weighted by atomic mass is 16.7. The minimum atomic E-state index is -0.423. The molecule has 2 aromatic carbocycles. The Morgan fingerprint density at radius 3 is 2.04 bits per heavy atom. The van der Waals surface area contributed by atoms with Gasteiger partial charge in [-0.2, -0.15) is 0 Å². The number of rotatable bonds is 3. The summed E-state index contributed by atoms with van der Waals surface area (Å²) in [5.41, 5.74) is 0.153. The van der Waals surface area contributed by atoms with Crippen molar-refractivity contribution in [2.75, 3.05) is 0 Å². The Bertz CT molecular complexity index is 696. The lowest BCUT2D eigenvalue weighted by Crippen LogP contribution is -2.41. The Balaban J connectivity index is 1.81. The number of phenolic OH excluding ortho intramolecular Hbond substituents is 1. The van der Waals surface area contributed by atoms with Gasteiger partial charge in [0.05, 0.1) is 11.2 Å². The van der Waals surface area contributed by atoms with Crippen molar-refractivity contribution in [2.24, 2.45) is 0 Å². The Morgan fingerprint density at radius 1 is 0.870 bits per heavy atom. The summed E-state index contributed by atoms with van der Waals surface area (Å²) >= 11 is 0. The Kier molecular flexibility index (Phi) is 3.86. The summed E-state index contributed by atoms with van der Waals surface area (Å²) < 4.78 is 17.9. The van der Waals surface area contributed by atoms with Crippen LogP contribution in [0.5, 0.6) is 17.2 Å². The molecule has 5 heteroatoms. The van der Waals surface area contributed by atoms with E-state index >= 15 is 0 Å².